The summed E-state index contributed by atoms with van der Waals surface area (Å²) in [5.74, 6) is 1.03. The maximum Gasteiger partial charge on any atom is 0.222 e. The fraction of sp³-hybridized carbons (Fsp3) is 0.529. The van der Waals surface area contributed by atoms with E-state index in [1.165, 1.54) is 6.42 Å². The highest BCUT2D eigenvalue weighted by Crippen LogP contribution is 2.21. The van der Waals surface area contributed by atoms with Crippen LogP contribution >= 0.6 is 24.8 Å². The van der Waals surface area contributed by atoms with E-state index in [1.54, 1.807) is 0 Å². The maximum absolute atomic E-state index is 12.2. The molecule has 3 rings (SSSR count). The average Bonchev–Trinajstić information content (AvgIpc) is 3.13. The van der Waals surface area contributed by atoms with Gasteiger partial charge in [-0.2, -0.15) is 0 Å². The monoisotopic (exact) mass is 372 g/mol. The van der Waals surface area contributed by atoms with Crippen LogP contribution < -0.4 is 10.6 Å². The second-order valence-electron chi connectivity index (χ2n) is 5.99. The number of imidazole rings is 1. The van der Waals surface area contributed by atoms with Crippen molar-refractivity contribution in [2.75, 3.05) is 6.54 Å². The molecule has 2 N–H and O–H groups in total. The van der Waals surface area contributed by atoms with Crippen molar-refractivity contribution in [3.8, 4) is 0 Å². The molecule has 0 aliphatic carbocycles. The van der Waals surface area contributed by atoms with Crippen molar-refractivity contribution < 1.29 is 4.79 Å². The Hall–Kier alpha value is -1.30. The number of nitrogens with one attached hydrogen (secondary N) is 2. The van der Waals surface area contributed by atoms with Crippen LogP contribution in [0.15, 0.2) is 24.3 Å². The van der Waals surface area contributed by atoms with Gasteiger partial charge in [-0.15, -0.1) is 24.8 Å². The van der Waals surface area contributed by atoms with E-state index in [9.17, 15) is 4.79 Å². The normalized spacial score (nSPS) is 17.8. The summed E-state index contributed by atoms with van der Waals surface area (Å²) in [7, 11) is 0. The largest absolute Gasteiger partial charge is 0.346 e. The Kier molecular flexibility index (Phi) is 8.00. The lowest BCUT2D eigenvalue weighted by molar-refractivity contribution is -0.122. The highest BCUT2D eigenvalue weighted by molar-refractivity contribution is 5.85. The van der Waals surface area contributed by atoms with Crippen LogP contribution in [0.4, 0.5) is 0 Å². The van der Waals surface area contributed by atoms with Crippen LogP contribution in [0.5, 0.6) is 0 Å². The van der Waals surface area contributed by atoms with Crippen molar-refractivity contribution in [1.29, 1.82) is 0 Å². The summed E-state index contributed by atoms with van der Waals surface area (Å²) < 4.78 is 2.17. The number of benzene rings is 1. The molecule has 2 aromatic rings. The van der Waals surface area contributed by atoms with Crippen LogP contribution in [0.2, 0.25) is 0 Å². The third-order valence-corrected chi connectivity index (χ3v) is 4.36. The van der Waals surface area contributed by atoms with Gasteiger partial charge >= 0.3 is 0 Å². The number of amides is 1. The SMILES string of the molecule is CCn1c(C(C)NC(=O)CC2CCCN2)nc2ccccc21.Cl.Cl. The summed E-state index contributed by atoms with van der Waals surface area (Å²) in [5, 5.41) is 6.46. The number of fused-ring (bicyclic) bond motifs is 1. The highest BCUT2D eigenvalue weighted by atomic mass is 35.5. The van der Waals surface area contributed by atoms with Crippen LogP contribution in [0.25, 0.3) is 11.0 Å². The van der Waals surface area contributed by atoms with E-state index in [4.69, 9.17) is 4.98 Å². The van der Waals surface area contributed by atoms with Crippen molar-refractivity contribution in [3.05, 3.63) is 30.1 Å². The van der Waals surface area contributed by atoms with Gasteiger partial charge in [0.05, 0.1) is 17.1 Å². The predicted octanol–water partition coefficient (Wildman–Crippen LogP) is 3.22. The third kappa shape index (κ3) is 4.41. The van der Waals surface area contributed by atoms with Gasteiger partial charge in [-0.05, 0) is 45.4 Å². The minimum absolute atomic E-state index is 0. The molecule has 1 aliphatic heterocycles. The van der Waals surface area contributed by atoms with E-state index in [-0.39, 0.29) is 36.8 Å². The van der Waals surface area contributed by atoms with Gasteiger partial charge in [0, 0.05) is 19.0 Å². The Bertz CT molecular complexity index is 668. The van der Waals surface area contributed by atoms with Gasteiger partial charge < -0.3 is 15.2 Å². The molecule has 0 radical (unpaired) electrons. The van der Waals surface area contributed by atoms with Gasteiger partial charge in [0.1, 0.15) is 5.82 Å². The summed E-state index contributed by atoms with van der Waals surface area (Å²) in [5.41, 5.74) is 2.11. The summed E-state index contributed by atoms with van der Waals surface area (Å²) >= 11 is 0. The molecular weight excluding hydrogens is 347 g/mol. The second kappa shape index (κ2) is 9.25. The Balaban J connectivity index is 0.00000144. The summed E-state index contributed by atoms with van der Waals surface area (Å²) in [6.07, 6.45) is 2.81. The fourth-order valence-corrected chi connectivity index (χ4v) is 3.28. The Morgan fingerprint density at radius 3 is 2.83 bits per heavy atom. The molecule has 134 valence electrons. The first-order valence-electron chi connectivity index (χ1n) is 8.17. The van der Waals surface area contributed by atoms with Crippen LogP contribution in [0, 0.1) is 0 Å². The number of nitrogens with zero attached hydrogens (tertiary/aromatic N) is 2. The van der Waals surface area contributed by atoms with E-state index in [1.807, 2.05) is 25.1 Å². The van der Waals surface area contributed by atoms with Gasteiger partial charge in [0.2, 0.25) is 5.91 Å². The highest BCUT2D eigenvalue weighted by Gasteiger charge is 2.21. The quantitative estimate of drug-likeness (QED) is 0.846. The molecule has 0 spiro atoms. The van der Waals surface area contributed by atoms with Crippen LogP contribution in [0.1, 0.15) is 45.0 Å². The first kappa shape index (κ1) is 20.7. The van der Waals surface area contributed by atoms with Crippen LogP contribution in [0.3, 0.4) is 0 Å². The number of para-hydroxylation sites is 2. The van der Waals surface area contributed by atoms with E-state index in [2.05, 4.69) is 28.2 Å². The number of aryl methyl sites for hydroxylation is 1. The molecule has 2 unspecified atom stereocenters. The minimum Gasteiger partial charge on any atom is -0.346 e. The lowest BCUT2D eigenvalue weighted by Gasteiger charge is -2.17. The molecule has 1 aliphatic rings. The summed E-state index contributed by atoms with van der Waals surface area (Å²) in [6, 6.07) is 8.36. The molecule has 1 fully saturated rings. The number of carbonyl (C=O) groups is 1. The van der Waals surface area contributed by atoms with Crippen molar-refractivity contribution >= 4 is 41.8 Å². The Labute approximate surface area is 155 Å². The lowest BCUT2D eigenvalue weighted by atomic mass is 10.1. The Morgan fingerprint density at radius 1 is 1.42 bits per heavy atom. The first-order valence-corrected chi connectivity index (χ1v) is 8.17. The molecule has 0 bridgehead atoms. The molecule has 7 heteroatoms. The molecule has 0 saturated carbocycles. The zero-order valence-electron chi connectivity index (χ0n) is 14.1. The fourth-order valence-electron chi connectivity index (χ4n) is 3.28. The molecule has 2 heterocycles. The van der Waals surface area contributed by atoms with Crippen LogP contribution in [-0.4, -0.2) is 28.0 Å². The smallest absolute Gasteiger partial charge is 0.222 e. The number of carbonyl (C=O) groups excluding carboxylic acids is 1. The number of halogens is 2. The van der Waals surface area contributed by atoms with Gasteiger partial charge in [-0.3, -0.25) is 4.79 Å². The van der Waals surface area contributed by atoms with Crippen molar-refractivity contribution in [2.24, 2.45) is 0 Å². The van der Waals surface area contributed by atoms with Crippen molar-refractivity contribution in [3.63, 3.8) is 0 Å². The van der Waals surface area contributed by atoms with Crippen molar-refractivity contribution in [1.82, 2.24) is 20.2 Å². The van der Waals surface area contributed by atoms with Gasteiger partial charge in [-0.1, -0.05) is 12.1 Å². The number of rotatable bonds is 5. The standard InChI is InChI=1S/C17H24N4O.2ClH/c1-3-21-15-9-5-4-8-14(15)20-17(21)12(2)19-16(22)11-13-7-6-10-18-13;;/h4-5,8-9,12-13,18H,3,6-7,10-11H2,1-2H3,(H,19,22);2*1H. The number of hydrogen-bond acceptors (Lipinski definition) is 3. The lowest BCUT2D eigenvalue weighted by Crippen LogP contribution is -2.34. The average molecular weight is 373 g/mol. The summed E-state index contributed by atoms with van der Waals surface area (Å²) in [6.45, 7) is 5.99. The molecule has 5 nitrogen and oxygen atoms in total. The number of aromatic nitrogens is 2. The van der Waals surface area contributed by atoms with E-state index in [0.717, 1.165) is 36.4 Å². The molecule has 1 amide bonds. The number of hydrogen-bond donors (Lipinski definition) is 2. The zero-order chi connectivity index (χ0) is 15.5. The topological polar surface area (TPSA) is 59.0 Å². The molecule has 1 saturated heterocycles. The minimum atomic E-state index is -0.0822. The van der Waals surface area contributed by atoms with E-state index in [0.29, 0.717) is 12.5 Å². The van der Waals surface area contributed by atoms with Gasteiger partial charge in [-0.25, -0.2) is 4.98 Å². The maximum atomic E-state index is 12.2. The molecule has 2 atom stereocenters. The molecule has 1 aromatic heterocycles. The second-order valence-corrected chi connectivity index (χ2v) is 5.99. The van der Waals surface area contributed by atoms with Gasteiger partial charge in [0.15, 0.2) is 0 Å². The summed E-state index contributed by atoms with van der Waals surface area (Å²) in [4.78, 5) is 16.9. The molecule has 24 heavy (non-hydrogen) atoms. The molecular formula is C17H26Cl2N4O. The van der Waals surface area contributed by atoms with E-state index >= 15 is 0 Å². The first-order chi connectivity index (χ1) is 10.7. The molecule has 1 aromatic carbocycles. The third-order valence-electron chi connectivity index (χ3n) is 4.36. The van der Waals surface area contributed by atoms with E-state index < -0.39 is 0 Å². The van der Waals surface area contributed by atoms with Crippen molar-refractivity contribution in [2.45, 2.75) is 51.7 Å². The Morgan fingerprint density at radius 2 is 2.17 bits per heavy atom. The van der Waals surface area contributed by atoms with Gasteiger partial charge in [0.25, 0.3) is 0 Å². The van der Waals surface area contributed by atoms with Crippen LogP contribution in [-0.2, 0) is 11.3 Å². The predicted molar refractivity (Wildman–Crippen MR) is 102 cm³/mol. The zero-order valence-corrected chi connectivity index (χ0v) is 15.8.